The van der Waals surface area contributed by atoms with Crippen molar-refractivity contribution in [2.24, 2.45) is 5.92 Å². The Morgan fingerprint density at radius 1 is 1.47 bits per heavy atom. The lowest BCUT2D eigenvalue weighted by Crippen LogP contribution is -2.33. The molecule has 19 heavy (non-hydrogen) atoms. The van der Waals surface area contributed by atoms with Crippen LogP contribution in [-0.2, 0) is 0 Å². The maximum Gasteiger partial charge on any atom is 0.251 e. The fourth-order valence-corrected chi connectivity index (χ4v) is 2.82. The van der Waals surface area contributed by atoms with Crippen molar-refractivity contribution < 1.29 is 9.90 Å². The molecule has 0 heterocycles. The Labute approximate surface area is 122 Å². The van der Waals surface area contributed by atoms with Crippen LogP contribution in [-0.4, -0.2) is 23.7 Å². The Morgan fingerprint density at radius 3 is 2.95 bits per heavy atom. The van der Waals surface area contributed by atoms with Gasteiger partial charge in [-0.25, -0.2) is 0 Å². The smallest absolute Gasteiger partial charge is 0.251 e. The SMILES string of the molecule is Cc1cc(C(=O)NCC2CCCC(O)C2)ccc1Br. The van der Waals surface area contributed by atoms with E-state index >= 15 is 0 Å². The molecule has 4 heteroatoms. The summed E-state index contributed by atoms with van der Waals surface area (Å²) in [5.74, 6) is 0.375. The van der Waals surface area contributed by atoms with E-state index < -0.39 is 0 Å². The number of aliphatic hydroxyl groups is 1. The van der Waals surface area contributed by atoms with E-state index in [4.69, 9.17) is 0 Å². The van der Waals surface area contributed by atoms with Crippen LogP contribution >= 0.6 is 15.9 Å². The average molecular weight is 326 g/mol. The maximum atomic E-state index is 12.0. The van der Waals surface area contributed by atoms with Gasteiger partial charge in [0, 0.05) is 16.6 Å². The first kappa shape index (κ1) is 14.5. The van der Waals surface area contributed by atoms with E-state index in [0.29, 0.717) is 18.0 Å². The van der Waals surface area contributed by atoms with Gasteiger partial charge in [-0.2, -0.15) is 0 Å². The fraction of sp³-hybridized carbons (Fsp3) is 0.533. The molecule has 0 spiro atoms. The molecule has 2 atom stereocenters. The highest BCUT2D eigenvalue weighted by molar-refractivity contribution is 9.10. The lowest BCUT2D eigenvalue weighted by atomic mass is 9.87. The third-order valence-corrected chi connectivity index (χ3v) is 4.62. The van der Waals surface area contributed by atoms with Crippen LogP contribution < -0.4 is 5.32 Å². The summed E-state index contributed by atoms with van der Waals surface area (Å²) in [6, 6.07) is 5.60. The number of carbonyl (C=O) groups is 1. The minimum atomic E-state index is -0.189. The number of nitrogens with one attached hydrogen (secondary N) is 1. The zero-order valence-electron chi connectivity index (χ0n) is 11.2. The van der Waals surface area contributed by atoms with Gasteiger partial charge >= 0.3 is 0 Å². The number of hydrogen-bond donors (Lipinski definition) is 2. The predicted octanol–water partition coefficient (Wildman–Crippen LogP) is 3.04. The monoisotopic (exact) mass is 325 g/mol. The summed E-state index contributed by atoms with van der Waals surface area (Å²) in [5, 5.41) is 12.6. The molecule has 2 unspecified atom stereocenters. The third-order valence-electron chi connectivity index (χ3n) is 3.73. The van der Waals surface area contributed by atoms with Gasteiger partial charge in [-0.1, -0.05) is 22.4 Å². The van der Waals surface area contributed by atoms with Gasteiger partial charge < -0.3 is 10.4 Å². The first-order chi connectivity index (χ1) is 9.06. The molecule has 0 bridgehead atoms. The highest BCUT2D eigenvalue weighted by Crippen LogP contribution is 2.23. The van der Waals surface area contributed by atoms with Crippen molar-refractivity contribution in [1.82, 2.24) is 5.32 Å². The highest BCUT2D eigenvalue weighted by atomic mass is 79.9. The molecule has 104 valence electrons. The molecule has 2 N–H and O–H groups in total. The van der Waals surface area contributed by atoms with Gasteiger partial charge in [-0.15, -0.1) is 0 Å². The van der Waals surface area contributed by atoms with E-state index in [2.05, 4.69) is 21.2 Å². The Morgan fingerprint density at radius 2 is 2.26 bits per heavy atom. The molecular formula is C15H20BrNO2. The van der Waals surface area contributed by atoms with Crippen LogP contribution in [0.25, 0.3) is 0 Å². The van der Waals surface area contributed by atoms with E-state index in [1.165, 1.54) is 0 Å². The summed E-state index contributed by atoms with van der Waals surface area (Å²) in [6.45, 7) is 2.63. The Bertz CT molecular complexity index is 461. The average Bonchev–Trinajstić information content (AvgIpc) is 2.39. The molecule has 1 aromatic rings. The number of benzene rings is 1. The number of carbonyl (C=O) groups excluding carboxylic acids is 1. The summed E-state index contributed by atoms with van der Waals surface area (Å²) < 4.78 is 1.01. The van der Waals surface area contributed by atoms with Crippen molar-refractivity contribution in [2.45, 2.75) is 38.7 Å². The predicted molar refractivity (Wildman–Crippen MR) is 79.2 cm³/mol. The van der Waals surface area contributed by atoms with Crippen LogP contribution in [0.5, 0.6) is 0 Å². The van der Waals surface area contributed by atoms with Gasteiger partial charge in [0.2, 0.25) is 0 Å². The Hall–Kier alpha value is -0.870. The van der Waals surface area contributed by atoms with E-state index in [0.717, 1.165) is 35.7 Å². The van der Waals surface area contributed by atoms with Crippen molar-refractivity contribution in [3.8, 4) is 0 Å². The largest absolute Gasteiger partial charge is 0.393 e. The van der Waals surface area contributed by atoms with Crippen molar-refractivity contribution in [2.75, 3.05) is 6.54 Å². The van der Waals surface area contributed by atoms with Gasteiger partial charge in [0.25, 0.3) is 5.91 Å². The van der Waals surface area contributed by atoms with Crippen LogP contribution in [0.4, 0.5) is 0 Å². The normalized spacial score (nSPS) is 23.1. The van der Waals surface area contributed by atoms with E-state index in [1.807, 2.05) is 25.1 Å². The van der Waals surface area contributed by atoms with Gasteiger partial charge in [0.15, 0.2) is 0 Å². The number of hydrogen-bond acceptors (Lipinski definition) is 2. The molecule has 1 aliphatic carbocycles. The van der Waals surface area contributed by atoms with E-state index in [1.54, 1.807) is 0 Å². The third kappa shape index (κ3) is 4.05. The second kappa shape index (κ2) is 6.53. The van der Waals surface area contributed by atoms with Crippen LogP contribution in [0, 0.1) is 12.8 Å². The zero-order chi connectivity index (χ0) is 13.8. The van der Waals surface area contributed by atoms with Gasteiger partial charge in [0.05, 0.1) is 6.10 Å². The first-order valence-electron chi connectivity index (χ1n) is 6.78. The van der Waals surface area contributed by atoms with Crippen molar-refractivity contribution >= 4 is 21.8 Å². The molecule has 2 rings (SSSR count). The van der Waals surface area contributed by atoms with Crippen LogP contribution in [0.2, 0.25) is 0 Å². The second-order valence-electron chi connectivity index (χ2n) is 5.36. The minimum Gasteiger partial charge on any atom is -0.393 e. The molecule has 0 radical (unpaired) electrons. The van der Waals surface area contributed by atoms with Crippen LogP contribution in [0.1, 0.15) is 41.6 Å². The Kier molecular flexibility index (Phi) is 4.99. The fourth-order valence-electron chi connectivity index (χ4n) is 2.57. The molecule has 1 saturated carbocycles. The Balaban J connectivity index is 1.88. The molecule has 1 amide bonds. The molecular weight excluding hydrogens is 306 g/mol. The number of amides is 1. The van der Waals surface area contributed by atoms with E-state index in [-0.39, 0.29) is 12.0 Å². The minimum absolute atomic E-state index is 0.0318. The van der Waals surface area contributed by atoms with Crippen molar-refractivity contribution in [1.29, 1.82) is 0 Å². The lowest BCUT2D eigenvalue weighted by Gasteiger charge is -2.25. The van der Waals surface area contributed by atoms with Gasteiger partial charge in [-0.05, 0) is 55.9 Å². The number of aliphatic hydroxyl groups excluding tert-OH is 1. The molecule has 3 nitrogen and oxygen atoms in total. The van der Waals surface area contributed by atoms with Crippen LogP contribution in [0.15, 0.2) is 22.7 Å². The van der Waals surface area contributed by atoms with Crippen LogP contribution in [0.3, 0.4) is 0 Å². The standard InChI is InChI=1S/C15H20BrNO2/c1-10-7-12(5-6-14(10)16)15(19)17-9-11-3-2-4-13(18)8-11/h5-7,11,13,18H,2-4,8-9H2,1H3,(H,17,19). The summed E-state index contributed by atoms with van der Waals surface area (Å²) in [7, 11) is 0. The summed E-state index contributed by atoms with van der Waals surface area (Å²) >= 11 is 3.43. The second-order valence-corrected chi connectivity index (χ2v) is 6.21. The molecule has 1 aliphatic rings. The summed E-state index contributed by atoms with van der Waals surface area (Å²) in [6.07, 6.45) is 3.66. The topological polar surface area (TPSA) is 49.3 Å². The van der Waals surface area contributed by atoms with Gasteiger partial charge in [0.1, 0.15) is 0 Å². The molecule has 0 saturated heterocycles. The summed E-state index contributed by atoms with van der Waals surface area (Å²) in [4.78, 5) is 12.0. The van der Waals surface area contributed by atoms with Crippen molar-refractivity contribution in [3.05, 3.63) is 33.8 Å². The van der Waals surface area contributed by atoms with E-state index in [9.17, 15) is 9.90 Å². The maximum absolute atomic E-state index is 12.0. The number of rotatable bonds is 3. The highest BCUT2D eigenvalue weighted by Gasteiger charge is 2.20. The lowest BCUT2D eigenvalue weighted by molar-refractivity contribution is 0.0873. The number of aryl methyl sites for hydroxylation is 1. The molecule has 1 fully saturated rings. The van der Waals surface area contributed by atoms with Crippen molar-refractivity contribution in [3.63, 3.8) is 0 Å². The molecule has 1 aromatic carbocycles. The molecule has 0 aliphatic heterocycles. The summed E-state index contributed by atoms with van der Waals surface area (Å²) in [5.41, 5.74) is 1.75. The first-order valence-corrected chi connectivity index (χ1v) is 7.58. The van der Waals surface area contributed by atoms with Gasteiger partial charge in [-0.3, -0.25) is 4.79 Å². The molecule has 0 aromatic heterocycles. The zero-order valence-corrected chi connectivity index (χ0v) is 12.7. The quantitative estimate of drug-likeness (QED) is 0.897. The number of halogens is 1.